The van der Waals surface area contributed by atoms with E-state index in [-0.39, 0.29) is 0 Å². The molecular formula is C12H12N6. The Balaban J connectivity index is 1.87. The van der Waals surface area contributed by atoms with Crippen LogP contribution in [0.5, 0.6) is 0 Å². The van der Waals surface area contributed by atoms with Gasteiger partial charge >= 0.3 is 0 Å². The highest BCUT2D eigenvalue weighted by Gasteiger charge is 2.08. The van der Waals surface area contributed by atoms with E-state index in [1.807, 2.05) is 19.1 Å². The molecule has 3 aromatic heterocycles. The number of aromatic amines is 1. The van der Waals surface area contributed by atoms with E-state index >= 15 is 0 Å². The number of hydrogen-bond acceptors (Lipinski definition) is 5. The van der Waals surface area contributed by atoms with Crippen LogP contribution in [0, 0.1) is 6.92 Å². The number of aromatic nitrogens is 5. The van der Waals surface area contributed by atoms with E-state index in [1.165, 1.54) is 0 Å². The molecule has 0 aliphatic heterocycles. The van der Waals surface area contributed by atoms with Crippen molar-refractivity contribution in [1.29, 1.82) is 0 Å². The number of pyridine rings is 1. The molecule has 3 aromatic rings. The van der Waals surface area contributed by atoms with Gasteiger partial charge in [-0.15, -0.1) is 0 Å². The summed E-state index contributed by atoms with van der Waals surface area (Å²) < 4.78 is 0. The lowest BCUT2D eigenvalue weighted by molar-refractivity contribution is 1.06. The lowest BCUT2D eigenvalue weighted by Gasteiger charge is -2.05. The molecule has 0 aromatic carbocycles. The number of nitrogens with one attached hydrogen (secondary N) is 2. The van der Waals surface area contributed by atoms with Crippen LogP contribution >= 0.6 is 0 Å². The van der Waals surface area contributed by atoms with E-state index in [2.05, 4.69) is 30.5 Å². The number of fused-ring (bicyclic) bond motifs is 1. The predicted molar refractivity (Wildman–Crippen MR) is 68.0 cm³/mol. The number of rotatable bonds is 3. The van der Waals surface area contributed by atoms with Gasteiger partial charge in [0.2, 0.25) is 0 Å². The first-order chi connectivity index (χ1) is 8.84. The van der Waals surface area contributed by atoms with Crippen LogP contribution in [-0.2, 0) is 6.54 Å². The molecule has 6 nitrogen and oxygen atoms in total. The highest BCUT2D eigenvalue weighted by Crippen LogP contribution is 2.18. The Kier molecular flexibility index (Phi) is 2.60. The zero-order valence-corrected chi connectivity index (χ0v) is 9.88. The van der Waals surface area contributed by atoms with Crippen LogP contribution in [-0.4, -0.2) is 25.1 Å². The molecular weight excluding hydrogens is 228 g/mol. The first-order valence-electron chi connectivity index (χ1n) is 5.63. The van der Waals surface area contributed by atoms with Crippen LogP contribution in [0.3, 0.4) is 0 Å². The molecule has 0 spiro atoms. The third-order valence-electron chi connectivity index (χ3n) is 2.72. The molecule has 0 aliphatic carbocycles. The standard InChI is InChI=1S/C12H12N6/c1-8-10-11(18-17-8)12(16-7-15-10)14-6-9-2-4-13-5-3-9/h2-5,7H,6H2,1H3,(H,17,18)(H,14,15,16). The van der Waals surface area contributed by atoms with Crippen LogP contribution in [0.25, 0.3) is 11.0 Å². The zero-order chi connectivity index (χ0) is 12.4. The minimum absolute atomic E-state index is 0.681. The average Bonchev–Trinajstić information content (AvgIpc) is 2.80. The molecule has 0 saturated carbocycles. The second kappa shape index (κ2) is 4.40. The van der Waals surface area contributed by atoms with E-state index < -0.39 is 0 Å². The number of anilines is 1. The van der Waals surface area contributed by atoms with E-state index in [0.717, 1.165) is 28.1 Å². The van der Waals surface area contributed by atoms with Crippen molar-refractivity contribution < 1.29 is 0 Å². The molecule has 0 unspecified atom stereocenters. The highest BCUT2D eigenvalue weighted by atomic mass is 15.2. The summed E-state index contributed by atoms with van der Waals surface area (Å²) in [4.78, 5) is 12.4. The van der Waals surface area contributed by atoms with E-state index in [0.29, 0.717) is 6.54 Å². The largest absolute Gasteiger partial charge is 0.364 e. The molecule has 0 radical (unpaired) electrons. The van der Waals surface area contributed by atoms with Crippen molar-refractivity contribution in [2.45, 2.75) is 13.5 Å². The maximum Gasteiger partial charge on any atom is 0.158 e. The fourth-order valence-corrected chi connectivity index (χ4v) is 1.77. The topological polar surface area (TPSA) is 79.4 Å². The summed E-state index contributed by atoms with van der Waals surface area (Å²) >= 11 is 0. The molecule has 90 valence electrons. The van der Waals surface area contributed by atoms with Gasteiger partial charge in [-0.05, 0) is 24.6 Å². The zero-order valence-electron chi connectivity index (χ0n) is 9.88. The first-order valence-corrected chi connectivity index (χ1v) is 5.63. The summed E-state index contributed by atoms with van der Waals surface area (Å²) in [7, 11) is 0. The Bertz CT molecular complexity index is 661. The number of aryl methyl sites for hydroxylation is 1. The van der Waals surface area contributed by atoms with Crippen molar-refractivity contribution in [3.05, 3.63) is 42.1 Å². The Morgan fingerprint density at radius 1 is 1.17 bits per heavy atom. The SMILES string of the molecule is Cc1[nH]nc2c(NCc3ccncc3)ncnc12. The van der Waals surface area contributed by atoms with Gasteiger partial charge < -0.3 is 5.32 Å². The Labute approximate surface area is 104 Å². The average molecular weight is 240 g/mol. The van der Waals surface area contributed by atoms with Gasteiger partial charge in [0.25, 0.3) is 0 Å². The molecule has 6 heteroatoms. The van der Waals surface area contributed by atoms with Gasteiger partial charge in [-0.25, -0.2) is 9.97 Å². The van der Waals surface area contributed by atoms with Gasteiger partial charge in [0.1, 0.15) is 11.8 Å². The van der Waals surface area contributed by atoms with Crippen molar-refractivity contribution in [3.8, 4) is 0 Å². The highest BCUT2D eigenvalue weighted by molar-refractivity contribution is 5.86. The van der Waals surface area contributed by atoms with Crippen LogP contribution < -0.4 is 5.32 Å². The van der Waals surface area contributed by atoms with Crippen molar-refractivity contribution in [2.24, 2.45) is 0 Å². The maximum absolute atomic E-state index is 4.21. The van der Waals surface area contributed by atoms with Crippen LogP contribution in [0.4, 0.5) is 5.82 Å². The van der Waals surface area contributed by atoms with Crippen LogP contribution in [0.1, 0.15) is 11.3 Å². The van der Waals surface area contributed by atoms with E-state index in [1.54, 1.807) is 18.7 Å². The molecule has 2 N–H and O–H groups in total. The van der Waals surface area contributed by atoms with Crippen molar-refractivity contribution in [2.75, 3.05) is 5.32 Å². The second-order valence-corrected chi connectivity index (χ2v) is 3.98. The van der Waals surface area contributed by atoms with Crippen molar-refractivity contribution in [1.82, 2.24) is 25.1 Å². The van der Waals surface area contributed by atoms with Crippen molar-refractivity contribution in [3.63, 3.8) is 0 Å². The molecule has 0 bridgehead atoms. The summed E-state index contributed by atoms with van der Waals surface area (Å²) in [5, 5.41) is 10.4. The molecule has 0 saturated heterocycles. The monoisotopic (exact) mass is 240 g/mol. The lowest BCUT2D eigenvalue weighted by atomic mass is 10.2. The molecule has 0 atom stereocenters. The number of hydrogen-bond donors (Lipinski definition) is 2. The molecule has 3 heterocycles. The normalized spacial score (nSPS) is 10.7. The van der Waals surface area contributed by atoms with Crippen LogP contribution in [0.2, 0.25) is 0 Å². The Morgan fingerprint density at radius 2 is 2.00 bits per heavy atom. The Hall–Kier alpha value is -2.50. The lowest BCUT2D eigenvalue weighted by Crippen LogP contribution is -2.02. The second-order valence-electron chi connectivity index (χ2n) is 3.98. The van der Waals surface area contributed by atoms with E-state index in [4.69, 9.17) is 0 Å². The summed E-state index contributed by atoms with van der Waals surface area (Å²) in [6, 6.07) is 3.92. The van der Waals surface area contributed by atoms with Crippen molar-refractivity contribution >= 4 is 16.9 Å². The molecule has 0 aliphatic rings. The summed E-state index contributed by atoms with van der Waals surface area (Å²) in [5.41, 5.74) is 3.70. The van der Waals surface area contributed by atoms with Gasteiger partial charge in [-0.3, -0.25) is 10.1 Å². The molecule has 0 fully saturated rings. The summed E-state index contributed by atoms with van der Waals surface area (Å²) in [6.07, 6.45) is 5.08. The van der Waals surface area contributed by atoms with Gasteiger partial charge in [-0.2, -0.15) is 5.10 Å². The fraction of sp³-hybridized carbons (Fsp3) is 0.167. The predicted octanol–water partition coefficient (Wildman–Crippen LogP) is 1.67. The van der Waals surface area contributed by atoms with Gasteiger partial charge in [-0.1, -0.05) is 0 Å². The third-order valence-corrected chi connectivity index (χ3v) is 2.72. The molecule has 3 rings (SSSR count). The minimum Gasteiger partial charge on any atom is -0.364 e. The minimum atomic E-state index is 0.681. The number of nitrogens with zero attached hydrogens (tertiary/aromatic N) is 4. The smallest absolute Gasteiger partial charge is 0.158 e. The molecule has 0 amide bonds. The van der Waals surface area contributed by atoms with Gasteiger partial charge in [0.15, 0.2) is 11.3 Å². The number of H-pyrrole nitrogens is 1. The summed E-state index contributed by atoms with van der Waals surface area (Å²) in [6.45, 7) is 2.62. The van der Waals surface area contributed by atoms with Crippen LogP contribution in [0.15, 0.2) is 30.9 Å². The fourth-order valence-electron chi connectivity index (χ4n) is 1.77. The Morgan fingerprint density at radius 3 is 2.83 bits per heavy atom. The quantitative estimate of drug-likeness (QED) is 0.728. The summed E-state index contributed by atoms with van der Waals surface area (Å²) in [5.74, 6) is 0.737. The van der Waals surface area contributed by atoms with E-state index in [9.17, 15) is 0 Å². The molecule has 18 heavy (non-hydrogen) atoms. The van der Waals surface area contributed by atoms with Gasteiger partial charge in [0.05, 0.1) is 5.69 Å². The first kappa shape index (κ1) is 10.6. The van der Waals surface area contributed by atoms with Gasteiger partial charge in [0, 0.05) is 18.9 Å². The maximum atomic E-state index is 4.21. The third kappa shape index (κ3) is 1.88.